The fourth-order valence-corrected chi connectivity index (χ4v) is 6.20. The van der Waals surface area contributed by atoms with Crippen LogP contribution in [-0.2, 0) is 12.8 Å². The summed E-state index contributed by atoms with van der Waals surface area (Å²) in [5.41, 5.74) is 13.6. The number of allylic oxidation sites excluding steroid dienone is 14. The van der Waals surface area contributed by atoms with Crippen LogP contribution in [0.4, 0.5) is 0 Å². The van der Waals surface area contributed by atoms with Gasteiger partial charge in [0.25, 0.3) is 0 Å². The van der Waals surface area contributed by atoms with Gasteiger partial charge in [-0.25, -0.2) is 4.98 Å². The maximum absolute atomic E-state index is 5.52. The minimum absolute atomic E-state index is 0.700. The molecule has 0 radical (unpaired) electrons. The second-order valence-electron chi connectivity index (χ2n) is 11.8. The third kappa shape index (κ3) is 7.82. The summed E-state index contributed by atoms with van der Waals surface area (Å²) in [5, 5.41) is 0. The fourth-order valence-electron chi connectivity index (χ4n) is 6.20. The summed E-state index contributed by atoms with van der Waals surface area (Å²) < 4.78 is 0. The predicted molar refractivity (Wildman–Crippen MR) is 203 cm³/mol. The Balaban J connectivity index is 1.54. The lowest BCUT2D eigenvalue weighted by atomic mass is 9.84. The highest BCUT2D eigenvalue weighted by Gasteiger charge is 2.22. The highest BCUT2D eigenvalue weighted by atomic mass is 14.7. The number of hydrogen-bond acceptors (Lipinski definition) is 3. The number of hydrogen-bond donors (Lipinski definition) is 0. The molecule has 2 aliphatic carbocycles. The highest BCUT2D eigenvalue weighted by molar-refractivity contribution is 5.89. The Morgan fingerprint density at radius 3 is 2.50 bits per heavy atom. The molecule has 3 heterocycles. The monoisotopic (exact) mass is 623 g/mol. The maximum Gasteiger partial charge on any atom is 0.0793 e. The van der Waals surface area contributed by atoms with E-state index in [4.69, 9.17) is 9.97 Å². The highest BCUT2D eigenvalue weighted by Crippen LogP contribution is 2.38. The summed E-state index contributed by atoms with van der Waals surface area (Å²) >= 11 is 0. The first-order valence-corrected chi connectivity index (χ1v) is 16.7. The lowest BCUT2D eigenvalue weighted by molar-refractivity contribution is 1.06. The Morgan fingerprint density at radius 2 is 1.65 bits per heavy atom. The van der Waals surface area contributed by atoms with E-state index in [9.17, 15) is 0 Å². The van der Waals surface area contributed by atoms with E-state index in [1.54, 1.807) is 0 Å². The van der Waals surface area contributed by atoms with Crippen molar-refractivity contribution in [3.05, 3.63) is 203 Å². The molecule has 48 heavy (non-hydrogen) atoms. The van der Waals surface area contributed by atoms with Crippen molar-refractivity contribution >= 4 is 17.7 Å². The molecule has 0 fully saturated rings. The van der Waals surface area contributed by atoms with E-state index >= 15 is 0 Å². The first-order chi connectivity index (χ1) is 23.7. The molecule has 0 amide bonds. The third-order valence-corrected chi connectivity index (χ3v) is 8.61. The molecule has 0 aliphatic heterocycles. The molecule has 0 atom stereocenters. The quantitative estimate of drug-likeness (QED) is 0.174. The normalized spacial score (nSPS) is 17.3. The molecule has 236 valence electrons. The average Bonchev–Trinajstić information content (AvgIpc) is 3.13. The van der Waals surface area contributed by atoms with Crippen molar-refractivity contribution in [1.82, 2.24) is 15.0 Å². The molecule has 3 nitrogen and oxygen atoms in total. The van der Waals surface area contributed by atoms with Crippen LogP contribution in [0.15, 0.2) is 158 Å². The van der Waals surface area contributed by atoms with E-state index in [0.717, 1.165) is 54.0 Å². The molecule has 0 saturated heterocycles. The Kier molecular flexibility index (Phi) is 10.9. The maximum atomic E-state index is 5.52. The molecule has 0 saturated carbocycles. The van der Waals surface area contributed by atoms with E-state index < -0.39 is 0 Å². The van der Waals surface area contributed by atoms with Crippen molar-refractivity contribution in [3.63, 3.8) is 0 Å². The first kappa shape index (κ1) is 32.3. The Labute approximate surface area is 285 Å². The van der Waals surface area contributed by atoms with E-state index in [1.165, 1.54) is 39.0 Å². The summed E-state index contributed by atoms with van der Waals surface area (Å²) in [6.07, 6.45) is 40.0. The number of pyridine rings is 3. The summed E-state index contributed by atoms with van der Waals surface area (Å²) in [6.45, 7) is 6.01. The topological polar surface area (TPSA) is 38.7 Å². The zero-order valence-corrected chi connectivity index (χ0v) is 27.6. The smallest absolute Gasteiger partial charge is 0.0793 e. The van der Waals surface area contributed by atoms with Gasteiger partial charge < -0.3 is 0 Å². The lowest BCUT2D eigenvalue weighted by Gasteiger charge is -2.23. The van der Waals surface area contributed by atoms with Crippen LogP contribution >= 0.6 is 0 Å². The van der Waals surface area contributed by atoms with Crippen molar-refractivity contribution in [2.45, 2.75) is 39.0 Å². The molecule has 0 spiro atoms. The van der Waals surface area contributed by atoms with Gasteiger partial charge in [0.1, 0.15) is 0 Å². The van der Waals surface area contributed by atoms with Gasteiger partial charge in [0, 0.05) is 41.2 Å². The standard InChI is InChI=1S/C45H41N3/c1-3-4-5-8-16-27-42-34(2)39-24-14-9-6-7-10-15-26-41(39)45(48-42)44(36-20-12-11-13-21-36)40-25-18-17-22-37(40)33-38-23-19-28-43(47-38)35-29-31-46-32-30-35/h3-7,9,11-20,22-23,25-32H,1,8,10,21,24,33H2,2H3/b5-4-,7-6-,14-9-,26-15-,27-16-,44-36+. The molecule has 2 aliphatic rings. The first-order valence-electron chi connectivity index (χ1n) is 16.7. The molecule has 0 bridgehead atoms. The van der Waals surface area contributed by atoms with Crippen molar-refractivity contribution in [2.75, 3.05) is 0 Å². The third-order valence-electron chi connectivity index (χ3n) is 8.61. The van der Waals surface area contributed by atoms with Crippen molar-refractivity contribution in [3.8, 4) is 11.3 Å². The zero-order valence-electron chi connectivity index (χ0n) is 27.6. The summed E-state index contributed by atoms with van der Waals surface area (Å²) in [7, 11) is 0. The number of aromatic nitrogens is 3. The van der Waals surface area contributed by atoms with Crippen LogP contribution in [0.2, 0.25) is 0 Å². The van der Waals surface area contributed by atoms with E-state index in [-0.39, 0.29) is 0 Å². The minimum Gasteiger partial charge on any atom is -0.265 e. The number of nitrogens with zero attached hydrogens (tertiary/aromatic N) is 3. The fraction of sp³-hybridized carbons (Fsp3) is 0.133. The summed E-state index contributed by atoms with van der Waals surface area (Å²) in [6, 6.07) is 19.1. The van der Waals surface area contributed by atoms with E-state index in [2.05, 4.69) is 140 Å². The van der Waals surface area contributed by atoms with Crippen LogP contribution in [0.25, 0.3) is 29.0 Å². The van der Waals surface area contributed by atoms with Gasteiger partial charge in [-0.3, -0.25) is 9.97 Å². The zero-order chi connectivity index (χ0) is 33.0. The van der Waals surface area contributed by atoms with Gasteiger partial charge in [-0.15, -0.1) is 0 Å². The summed E-state index contributed by atoms with van der Waals surface area (Å²) in [5.74, 6) is 0. The predicted octanol–water partition coefficient (Wildman–Crippen LogP) is 11.0. The van der Waals surface area contributed by atoms with Gasteiger partial charge in [-0.05, 0) is 90.8 Å². The molecular formula is C45H41N3. The Bertz CT molecular complexity index is 2010. The second kappa shape index (κ2) is 16.2. The van der Waals surface area contributed by atoms with Gasteiger partial charge in [-0.1, -0.05) is 122 Å². The molecule has 6 rings (SSSR count). The molecule has 3 heteroatoms. The van der Waals surface area contributed by atoms with Crippen LogP contribution in [0.5, 0.6) is 0 Å². The SMILES string of the molecule is C=C/C=C\C/C=C\c1nc(/C(=C2\C=CC=CC2)c2ccccc2Cc2cccc(-c3ccncc3)n2)c2c(c1C)C/C=C\C=C/C/C=C\2. The Hall–Kier alpha value is -5.67. The minimum atomic E-state index is 0.700. The van der Waals surface area contributed by atoms with Gasteiger partial charge in [0.15, 0.2) is 0 Å². The molecule has 1 aromatic carbocycles. The van der Waals surface area contributed by atoms with Crippen molar-refractivity contribution in [2.24, 2.45) is 0 Å². The summed E-state index contributed by atoms with van der Waals surface area (Å²) in [4.78, 5) is 14.8. The van der Waals surface area contributed by atoms with Crippen molar-refractivity contribution < 1.29 is 0 Å². The molecule has 0 N–H and O–H groups in total. The lowest BCUT2D eigenvalue weighted by Crippen LogP contribution is -2.09. The molecule has 0 unspecified atom stereocenters. The largest absolute Gasteiger partial charge is 0.265 e. The van der Waals surface area contributed by atoms with Crippen LogP contribution < -0.4 is 0 Å². The van der Waals surface area contributed by atoms with Crippen molar-refractivity contribution in [1.29, 1.82) is 0 Å². The van der Waals surface area contributed by atoms with Gasteiger partial charge in [0.05, 0.1) is 17.1 Å². The van der Waals surface area contributed by atoms with Gasteiger partial charge in [-0.2, -0.15) is 0 Å². The number of fused-ring (bicyclic) bond motifs is 1. The molecule has 3 aromatic heterocycles. The van der Waals surface area contributed by atoms with Crippen LogP contribution in [0.3, 0.4) is 0 Å². The van der Waals surface area contributed by atoms with Crippen LogP contribution in [-0.4, -0.2) is 15.0 Å². The number of benzene rings is 1. The number of rotatable bonds is 9. The van der Waals surface area contributed by atoms with Gasteiger partial charge in [0.2, 0.25) is 0 Å². The van der Waals surface area contributed by atoms with Gasteiger partial charge >= 0.3 is 0 Å². The Morgan fingerprint density at radius 1 is 0.812 bits per heavy atom. The average molecular weight is 624 g/mol. The van der Waals surface area contributed by atoms with Crippen LogP contribution in [0, 0.1) is 6.92 Å². The van der Waals surface area contributed by atoms with E-state index in [1.807, 2.05) is 36.7 Å². The molecule has 4 aromatic rings. The molecular weight excluding hydrogens is 583 g/mol. The second-order valence-corrected chi connectivity index (χ2v) is 11.8. The van der Waals surface area contributed by atoms with E-state index in [0.29, 0.717) is 6.42 Å². The van der Waals surface area contributed by atoms with Crippen LogP contribution in [0.1, 0.15) is 64.2 Å².